The molecule has 1 aromatic heterocycles. The van der Waals surface area contributed by atoms with Gasteiger partial charge in [-0.2, -0.15) is 4.98 Å². The van der Waals surface area contributed by atoms with Crippen molar-refractivity contribution in [2.75, 3.05) is 25.1 Å². The predicted octanol–water partition coefficient (Wildman–Crippen LogP) is 1.05. The van der Waals surface area contributed by atoms with Crippen LogP contribution in [0.3, 0.4) is 0 Å². The van der Waals surface area contributed by atoms with Gasteiger partial charge < -0.3 is 9.45 Å². The Balaban J connectivity index is 2.17. The number of hydrogen-bond acceptors (Lipinski definition) is 11. The van der Waals surface area contributed by atoms with Crippen molar-refractivity contribution in [3.63, 3.8) is 0 Å². The van der Waals surface area contributed by atoms with Crippen LogP contribution >= 0.6 is 0 Å². The zero-order chi connectivity index (χ0) is 19.3. The maximum atomic E-state index is 11.3. The Morgan fingerprint density at radius 3 is 2.69 bits per heavy atom. The Bertz CT molecular complexity index is 926. The molecule has 0 N–H and O–H groups in total. The van der Waals surface area contributed by atoms with Crippen LogP contribution in [-0.2, 0) is 21.6 Å². The lowest BCUT2D eigenvalue weighted by atomic mass is 10.2. The molecule has 0 saturated carbocycles. The maximum Gasteiger partial charge on any atom is 0.294 e. The van der Waals surface area contributed by atoms with Crippen LogP contribution < -0.4 is 4.90 Å². The topological polar surface area (TPSA) is 168 Å². The van der Waals surface area contributed by atoms with Gasteiger partial charge in [0.05, 0.1) is 17.2 Å². The molecule has 0 spiro atoms. The summed E-state index contributed by atoms with van der Waals surface area (Å²) >= 11 is 0. The molecule has 0 amide bonds. The average molecular weight is 384 g/mol. The van der Waals surface area contributed by atoms with E-state index in [1.807, 2.05) is 0 Å². The van der Waals surface area contributed by atoms with E-state index in [2.05, 4.69) is 24.5 Å². The van der Waals surface area contributed by atoms with Crippen molar-refractivity contribution in [3.8, 4) is 0 Å². The van der Waals surface area contributed by atoms with E-state index >= 15 is 0 Å². The monoisotopic (exact) mass is 384 g/mol. The van der Waals surface area contributed by atoms with E-state index in [4.69, 9.17) is 0 Å². The number of anilines is 1. The Hall–Kier alpha value is -2.97. The van der Waals surface area contributed by atoms with Crippen LogP contribution in [0.15, 0.2) is 34.8 Å². The molecule has 13 nitrogen and oxygen atoms in total. The maximum absolute atomic E-state index is 11.3. The second kappa shape index (κ2) is 7.94. The highest BCUT2D eigenvalue weighted by Gasteiger charge is 2.18. The van der Waals surface area contributed by atoms with Gasteiger partial charge in [0.2, 0.25) is 10.4 Å². The lowest BCUT2D eigenvalue weighted by molar-refractivity contribution is -0.384. The Morgan fingerprint density at radius 1 is 1.38 bits per heavy atom. The molecule has 0 aliphatic heterocycles. The quantitative estimate of drug-likeness (QED) is 0.212. The van der Waals surface area contributed by atoms with Gasteiger partial charge in [-0.3, -0.25) is 19.0 Å². The Morgan fingerprint density at radius 2 is 2.12 bits per heavy atom. The van der Waals surface area contributed by atoms with Crippen LogP contribution in [0, 0.1) is 10.1 Å². The van der Waals surface area contributed by atoms with E-state index in [-0.39, 0.29) is 29.6 Å². The fourth-order valence-electron chi connectivity index (χ4n) is 1.92. The summed E-state index contributed by atoms with van der Waals surface area (Å²) in [6.45, 7) is -0.493. The fraction of sp³-hybridized carbons (Fsp3) is 0.333. The van der Waals surface area contributed by atoms with Gasteiger partial charge in [0.25, 0.3) is 11.6 Å². The number of hydrogen-bond donors (Lipinski definition) is 0. The molecule has 0 aliphatic rings. The van der Waals surface area contributed by atoms with Crippen molar-refractivity contribution in [2.24, 2.45) is 17.3 Å². The number of aromatic nitrogens is 3. The molecule has 0 radical (unpaired) electrons. The van der Waals surface area contributed by atoms with Crippen molar-refractivity contribution in [1.29, 1.82) is 0 Å². The summed E-state index contributed by atoms with van der Waals surface area (Å²) in [5.41, 5.74) is 0.124. The minimum atomic E-state index is -4.82. The fourth-order valence-corrected chi connectivity index (χ4v) is 2.19. The minimum absolute atomic E-state index is 0.0545. The molecule has 0 aliphatic carbocycles. The summed E-state index contributed by atoms with van der Waals surface area (Å²) in [4.78, 5) is 15.9. The van der Waals surface area contributed by atoms with Gasteiger partial charge in [-0.1, -0.05) is 0 Å². The summed E-state index contributed by atoms with van der Waals surface area (Å²) in [6.07, 6.45) is 1.43. The van der Waals surface area contributed by atoms with E-state index in [9.17, 15) is 23.1 Å². The van der Waals surface area contributed by atoms with Gasteiger partial charge in [0.15, 0.2) is 0 Å². The first-order valence-corrected chi connectivity index (χ1v) is 8.36. The summed E-state index contributed by atoms with van der Waals surface area (Å²) in [5.74, 6) is 0.104. The van der Waals surface area contributed by atoms with Crippen LogP contribution in [0.4, 0.5) is 23.0 Å². The normalized spacial score (nSPS) is 11.8. The third kappa shape index (κ3) is 5.54. The zero-order valence-electron chi connectivity index (χ0n) is 13.7. The molecule has 1 heterocycles. The number of nitro groups is 1. The second-order valence-electron chi connectivity index (χ2n) is 5.00. The van der Waals surface area contributed by atoms with Gasteiger partial charge in [-0.25, -0.2) is 8.42 Å². The van der Waals surface area contributed by atoms with Crippen LogP contribution in [-0.4, -0.2) is 52.9 Å². The number of azo groups is 1. The predicted molar refractivity (Wildman–Crippen MR) is 87.2 cm³/mol. The molecule has 0 bridgehead atoms. The first-order chi connectivity index (χ1) is 12.2. The van der Waals surface area contributed by atoms with Crippen molar-refractivity contribution in [2.45, 2.75) is 0 Å². The molecular formula is C12H14N7O6S-. The van der Waals surface area contributed by atoms with Crippen LogP contribution in [0.1, 0.15) is 0 Å². The van der Waals surface area contributed by atoms with Crippen LogP contribution in [0.5, 0.6) is 0 Å². The van der Waals surface area contributed by atoms with E-state index in [0.717, 1.165) is 0 Å². The van der Waals surface area contributed by atoms with Gasteiger partial charge in [-0.05, 0) is 12.1 Å². The minimum Gasteiger partial charge on any atom is -0.726 e. The van der Waals surface area contributed by atoms with Gasteiger partial charge in [-0.15, -0.1) is 15.3 Å². The van der Waals surface area contributed by atoms with E-state index in [1.165, 1.54) is 41.2 Å². The highest BCUT2D eigenvalue weighted by molar-refractivity contribution is 7.80. The largest absolute Gasteiger partial charge is 0.726 e. The molecule has 0 saturated heterocycles. The van der Waals surface area contributed by atoms with Crippen LogP contribution in [0.25, 0.3) is 0 Å². The summed E-state index contributed by atoms with van der Waals surface area (Å²) in [6, 6.07) is 4.10. The summed E-state index contributed by atoms with van der Waals surface area (Å²) in [5, 5.41) is 22.8. The molecule has 2 rings (SSSR count). The molecule has 1 aromatic carbocycles. The zero-order valence-corrected chi connectivity index (χ0v) is 14.5. The molecule has 0 atom stereocenters. The summed E-state index contributed by atoms with van der Waals surface area (Å²) < 4.78 is 36.8. The Kier molecular flexibility index (Phi) is 5.91. The van der Waals surface area contributed by atoms with Gasteiger partial charge in [0.1, 0.15) is 12.0 Å². The molecule has 0 fully saturated rings. The van der Waals surface area contributed by atoms with E-state index in [0.29, 0.717) is 0 Å². The number of likely N-dealkylation sites (N-methyl/N-ethyl adjacent to an activating group) is 1. The Labute approximate surface area is 148 Å². The van der Waals surface area contributed by atoms with Crippen LogP contribution in [0.2, 0.25) is 0 Å². The van der Waals surface area contributed by atoms with Crippen molar-refractivity contribution in [1.82, 2.24) is 14.8 Å². The first-order valence-electron chi connectivity index (χ1n) is 7.03. The number of aryl methyl sites for hydroxylation is 1. The molecule has 0 unspecified atom stereocenters. The highest BCUT2D eigenvalue weighted by Crippen LogP contribution is 2.32. The first kappa shape index (κ1) is 19.4. The molecular weight excluding hydrogens is 370 g/mol. The molecule has 14 heteroatoms. The van der Waals surface area contributed by atoms with E-state index in [1.54, 1.807) is 7.05 Å². The van der Waals surface area contributed by atoms with E-state index < -0.39 is 21.9 Å². The second-order valence-corrected chi connectivity index (χ2v) is 6.05. The van der Waals surface area contributed by atoms with Gasteiger partial charge >= 0.3 is 0 Å². The van der Waals surface area contributed by atoms with Crippen molar-refractivity contribution >= 4 is 33.4 Å². The number of rotatable bonds is 8. The average Bonchev–Trinajstić information content (AvgIpc) is 2.96. The number of nitro benzene ring substituents is 1. The number of benzene rings is 1. The third-order valence-corrected chi connectivity index (χ3v) is 3.52. The molecule has 2 aromatic rings. The van der Waals surface area contributed by atoms with Crippen molar-refractivity contribution < 1.29 is 22.1 Å². The molecule has 140 valence electrons. The SMILES string of the molecule is CN(CCOS(=O)(=O)[O-])c1ccc(N=Nc2ncn(C)n2)cc1[N+](=O)[O-]. The van der Waals surface area contributed by atoms with Crippen molar-refractivity contribution in [3.05, 3.63) is 34.6 Å². The third-order valence-electron chi connectivity index (χ3n) is 3.06. The lowest BCUT2D eigenvalue weighted by Gasteiger charge is -2.19. The highest BCUT2D eigenvalue weighted by atomic mass is 32.3. The smallest absolute Gasteiger partial charge is 0.294 e. The standard InChI is InChI=1S/C12H15N7O6S/c1-17(5-6-25-26(22,23)24)10-4-3-9(7-11(10)19(20)21)14-15-12-13-8-18(2)16-12/h3-4,7-8H,5-6H2,1-2H3,(H,22,23,24)/p-1. The lowest BCUT2D eigenvalue weighted by Crippen LogP contribution is -2.24. The van der Waals surface area contributed by atoms with Gasteiger partial charge in [0, 0.05) is 26.7 Å². The number of nitrogens with zero attached hydrogens (tertiary/aromatic N) is 7. The molecule has 26 heavy (non-hydrogen) atoms. The summed E-state index contributed by atoms with van der Waals surface area (Å²) in [7, 11) is -1.67.